The standard InChI is InChI=1S/C20H27FN2O2/c21-15-9-7-14(8-10-15)19(24)6-3-12-23-13-11-17(20(22)25)16-4-1-2-5-18(16)23/h7-10,16-18H,1-6,11-13H2,(H2,22,25). The van der Waals surface area contributed by atoms with Crippen LogP contribution in [0.25, 0.3) is 0 Å². The number of hydrogen-bond acceptors (Lipinski definition) is 3. The lowest BCUT2D eigenvalue weighted by atomic mass is 9.71. The minimum Gasteiger partial charge on any atom is -0.369 e. The lowest BCUT2D eigenvalue weighted by molar-refractivity contribution is -0.127. The molecular weight excluding hydrogens is 319 g/mol. The number of fused-ring (bicyclic) bond motifs is 1. The van der Waals surface area contributed by atoms with Crippen molar-refractivity contribution < 1.29 is 14.0 Å². The summed E-state index contributed by atoms with van der Waals surface area (Å²) in [4.78, 5) is 26.4. The molecule has 2 N–H and O–H groups in total. The normalized spacial score (nSPS) is 26.8. The Hall–Kier alpha value is -1.75. The second-order valence-corrected chi connectivity index (χ2v) is 7.38. The molecule has 5 heteroatoms. The van der Waals surface area contributed by atoms with Gasteiger partial charge in [-0.3, -0.25) is 9.59 Å². The monoisotopic (exact) mass is 346 g/mol. The van der Waals surface area contributed by atoms with Gasteiger partial charge in [0.1, 0.15) is 5.82 Å². The molecule has 3 rings (SSSR count). The summed E-state index contributed by atoms with van der Waals surface area (Å²) < 4.78 is 12.9. The van der Waals surface area contributed by atoms with E-state index in [1.807, 2.05) is 0 Å². The van der Waals surface area contributed by atoms with Gasteiger partial charge in [0.2, 0.25) is 5.91 Å². The van der Waals surface area contributed by atoms with E-state index in [2.05, 4.69) is 4.90 Å². The first-order chi connectivity index (χ1) is 12.1. The zero-order valence-electron chi connectivity index (χ0n) is 14.6. The number of likely N-dealkylation sites (tertiary alicyclic amines) is 1. The van der Waals surface area contributed by atoms with Crippen LogP contribution in [0.15, 0.2) is 24.3 Å². The van der Waals surface area contributed by atoms with Gasteiger partial charge in [-0.15, -0.1) is 0 Å². The number of carbonyl (C=O) groups excluding carboxylic acids is 2. The molecule has 2 aliphatic rings. The Labute approximate surface area is 148 Å². The van der Waals surface area contributed by atoms with E-state index in [4.69, 9.17) is 5.73 Å². The van der Waals surface area contributed by atoms with Gasteiger partial charge in [-0.05, 0) is 69.0 Å². The van der Waals surface area contributed by atoms with Gasteiger partial charge in [-0.25, -0.2) is 4.39 Å². The van der Waals surface area contributed by atoms with E-state index in [9.17, 15) is 14.0 Å². The van der Waals surface area contributed by atoms with Crippen LogP contribution in [0, 0.1) is 17.7 Å². The summed E-state index contributed by atoms with van der Waals surface area (Å²) in [5.41, 5.74) is 6.18. The molecule has 1 aliphatic carbocycles. The molecule has 1 aliphatic heterocycles. The Morgan fingerprint density at radius 2 is 1.84 bits per heavy atom. The number of carbonyl (C=O) groups is 2. The van der Waals surface area contributed by atoms with E-state index in [0.717, 1.165) is 38.8 Å². The number of Topliss-reactive ketones (excluding diaryl/α,β-unsaturated/α-hetero) is 1. The molecule has 136 valence electrons. The van der Waals surface area contributed by atoms with Crippen molar-refractivity contribution in [2.24, 2.45) is 17.6 Å². The number of primary amides is 1. The molecule has 0 spiro atoms. The minimum atomic E-state index is -0.322. The van der Waals surface area contributed by atoms with Crippen LogP contribution in [0.4, 0.5) is 4.39 Å². The quantitative estimate of drug-likeness (QED) is 0.805. The maximum atomic E-state index is 12.9. The molecule has 1 heterocycles. The fraction of sp³-hybridized carbons (Fsp3) is 0.600. The summed E-state index contributed by atoms with van der Waals surface area (Å²) in [5, 5.41) is 0. The van der Waals surface area contributed by atoms with Crippen LogP contribution in [0.1, 0.15) is 55.3 Å². The van der Waals surface area contributed by atoms with Crippen LogP contribution >= 0.6 is 0 Å². The second-order valence-electron chi connectivity index (χ2n) is 7.38. The van der Waals surface area contributed by atoms with Crippen molar-refractivity contribution in [2.45, 2.75) is 51.0 Å². The molecule has 0 aromatic heterocycles. The van der Waals surface area contributed by atoms with Gasteiger partial charge in [0.15, 0.2) is 5.78 Å². The van der Waals surface area contributed by atoms with Gasteiger partial charge < -0.3 is 10.6 Å². The predicted octanol–water partition coefficient (Wildman–Crippen LogP) is 3.15. The molecule has 1 saturated heterocycles. The molecule has 1 aromatic carbocycles. The summed E-state index contributed by atoms with van der Waals surface area (Å²) in [7, 11) is 0. The van der Waals surface area contributed by atoms with E-state index in [0.29, 0.717) is 23.9 Å². The number of benzene rings is 1. The van der Waals surface area contributed by atoms with E-state index in [1.54, 1.807) is 12.1 Å². The number of ketones is 1. The van der Waals surface area contributed by atoms with Crippen molar-refractivity contribution in [1.29, 1.82) is 0 Å². The first-order valence-electron chi connectivity index (χ1n) is 9.38. The van der Waals surface area contributed by atoms with Gasteiger partial charge in [0.25, 0.3) is 0 Å². The topological polar surface area (TPSA) is 63.4 Å². The van der Waals surface area contributed by atoms with E-state index >= 15 is 0 Å². The van der Waals surface area contributed by atoms with E-state index < -0.39 is 0 Å². The van der Waals surface area contributed by atoms with Crippen molar-refractivity contribution in [3.05, 3.63) is 35.6 Å². The summed E-state index contributed by atoms with van der Waals surface area (Å²) in [6.07, 6.45) is 6.70. The first-order valence-corrected chi connectivity index (χ1v) is 9.38. The maximum Gasteiger partial charge on any atom is 0.220 e. The third-order valence-corrected chi connectivity index (χ3v) is 5.88. The van der Waals surface area contributed by atoms with Gasteiger partial charge in [-0.1, -0.05) is 12.8 Å². The third-order valence-electron chi connectivity index (χ3n) is 5.88. The molecule has 3 atom stereocenters. The highest BCUT2D eigenvalue weighted by atomic mass is 19.1. The van der Waals surface area contributed by atoms with Crippen molar-refractivity contribution in [1.82, 2.24) is 4.90 Å². The lowest BCUT2D eigenvalue weighted by Crippen LogP contribution is -2.53. The Morgan fingerprint density at radius 3 is 2.56 bits per heavy atom. The summed E-state index contributed by atoms with van der Waals surface area (Å²) in [6, 6.07) is 6.18. The Balaban J connectivity index is 1.53. The van der Waals surface area contributed by atoms with Crippen molar-refractivity contribution in [3.8, 4) is 0 Å². The number of nitrogens with two attached hydrogens (primary N) is 1. The largest absolute Gasteiger partial charge is 0.369 e. The first kappa shape index (κ1) is 18.1. The highest BCUT2D eigenvalue weighted by Crippen LogP contribution is 2.39. The van der Waals surface area contributed by atoms with Crippen LogP contribution in [-0.2, 0) is 4.79 Å². The second kappa shape index (κ2) is 8.09. The van der Waals surface area contributed by atoms with Crippen LogP contribution in [-0.4, -0.2) is 35.7 Å². The average molecular weight is 346 g/mol. The number of piperidine rings is 1. The molecule has 2 fully saturated rings. The summed E-state index contributed by atoms with van der Waals surface area (Å²) in [5.74, 6) is -0.0114. The Kier molecular flexibility index (Phi) is 5.84. The summed E-state index contributed by atoms with van der Waals surface area (Å²) >= 11 is 0. The number of halogens is 1. The fourth-order valence-corrected chi connectivity index (χ4v) is 4.60. The lowest BCUT2D eigenvalue weighted by Gasteiger charge is -2.47. The molecule has 0 radical (unpaired) electrons. The van der Waals surface area contributed by atoms with Gasteiger partial charge in [0.05, 0.1) is 0 Å². The zero-order chi connectivity index (χ0) is 17.8. The molecule has 1 aromatic rings. The zero-order valence-corrected chi connectivity index (χ0v) is 14.6. The highest BCUT2D eigenvalue weighted by Gasteiger charge is 2.41. The molecule has 1 saturated carbocycles. The molecule has 3 unspecified atom stereocenters. The number of hydrogen-bond donors (Lipinski definition) is 1. The smallest absolute Gasteiger partial charge is 0.220 e. The SMILES string of the molecule is NC(=O)C1CCN(CCCC(=O)c2ccc(F)cc2)C2CCCCC12. The molecule has 1 amide bonds. The average Bonchev–Trinajstić information content (AvgIpc) is 2.62. The molecule has 4 nitrogen and oxygen atoms in total. The van der Waals surface area contributed by atoms with Crippen molar-refractivity contribution in [2.75, 3.05) is 13.1 Å². The van der Waals surface area contributed by atoms with Gasteiger partial charge in [-0.2, -0.15) is 0 Å². The highest BCUT2D eigenvalue weighted by molar-refractivity contribution is 5.95. The summed E-state index contributed by atoms with van der Waals surface area (Å²) in [6.45, 7) is 1.76. The van der Waals surface area contributed by atoms with E-state index in [-0.39, 0.29) is 23.4 Å². The van der Waals surface area contributed by atoms with E-state index in [1.165, 1.54) is 25.0 Å². The van der Waals surface area contributed by atoms with Crippen LogP contribution in [0.3, 0.4) is 0 Å². The van der Waals surface area contributed by atoms with Gasteiger partial charge >= 0.3 is 0 Å². The number of rotatable bonds is 6. The van der Waals surface area contributed by atoms with Crippen molar-refractivity contribution in [3.63, 3.8) is 0 Å². The third kappa shape index (κ3) is 4.27. The van der Waals surface area contributed by atoms with Crippen molar-refractivity contribution >= 4 is 11.7 Å². The number of amides is 1. The molecular formula is C20H27FN2O2. The maximum absolute atomic E-state index is 12.9. The van der Waals surface area contributed by atoms with Crippen LogP contribution < -0.4 is 5.73 Å². The molecule has 25 heavy (non-hydrogen) atoms. The molecule has 0 bridgehead atoms. The van der Waals surface area contributed by atoms with Gasteiger partial charge in [0, 0.05) is 23.9 Å². The van der Waals surface area contributed by atoms with Crippen LogP contribution in [0.5, 0.6) is 0 Å². The predicted molar refractivity (Wildman–Crippen MR) is 94.6 cm³/mol. The fourth-order valence-electron chi connectivity index (χ4n) is 4.60. The number of nitrogens with zero attached hydrogens (tertiary/aromatic N) is 1. The minimum absolute atomic E-state index is 0.0161. The van der Waals surface area contributed by atoms with Crippen LogP contribution in [0.2, 0.25) is 0 Å². The Morgan fingerprint density at radius 1 is 1.12 bits per heavy atom. The Bertz CT molecular complexity index is 617.